The molecule has 0 aliphatic heterocycles. The first-order chi connectivity index (χ1) is 24.3. The van der Waals surface area contributed by atoms with Gasteiger partial charge < -0.3 is 40.3 Å². The quantitative estimate of drug-likeness (QED) is 0.0568. The van der Waals surface area contributed by atoms with Gasteiger partial charge >= 0.3 is 0 Å². The number of alkyl halides is 1. The van der Waals surface area contributed by atoms with Gasteiger partial charge in [0.25, 0.3) is 17.7 Å². The fraction of sp³-hybridized carbons (Fsp3) is 0.265. The second-order valence-corrected chi connectivity index (χ2v) is 13.8. The van der Waals surface area contributed by atoms with Gasteiger partial charge in [-0.3, -0.25) is 24.2 Å². The van der Waals surface area contributed by atoms with Gasteiger partial charge in [-0.25, -0.2) is 8.42 Å². The summed E-state index contributed by atoms with van der Waals surface area (Å²) in [6.45, 7) is 0.387. The summed E-state index contributed by atoms with van der Waals surface area (Å²) in [5.41, 5.74) is 2.28. The molecular weight excluding hydrogens is 698 g/mol. The Balaban J connectivity index is 1.34. The predicted octanol–water partition coefficient (Wildman–Crippen LogP) is 3.24. The SMILES string of the molecule is CN=C(CCNC(=O)c1cc(NC(=O)c2cc(NC(=O)c3ccc(NC(=O)/C=C/c4ccc(S(=O)(=O)CCCl)cc4)n3C)cn2C)cn1C)NC. The van der Waals surface area contributed by atoms with E-state index in [1.54, 1.807) is 87.1 Å². The Morgan fingerprint density at radius 3 is 1.98 bits per heavy atom. The number of aryl methyl sites for hydroxylation is 2. The first-order valence-corrected chi connectivity index (χ1v) is 17.9. The summed E-state index contributed by atoms with van der Waals surface area (Å²) in [5, 5.41) is 14.1. The molecule has 0 unspecified atom stereocenters. The fourth-order valence-corrected chi connectivity index (χ4v) is 6.65. The van der Waals surface area contributed by atoms with Gasteiger partial charge in [0.2, 0.25) is 5.91 Å². The molecule has 0 spiro atoms. The Hall–Kier alpha value is -5.61. The van der Waals surface area contributed by atoms with Crippen molar-refractivity contribution >= 4 is 74.2 Å². The number of anilines is 3. The lowest BCUT2D eigenvalue weighted by atomic mass is 10.2. The van der Waals surface area contributed by atoms with Crippen molar-refractivity contribution < 1.29 is 27.6 Å². The van der Waals surface area contributed by atoms with Crippen LogP contribution in [0.4, 0.5) is 17.2 Å². The number of carbonyl (C=O) groups excluding carboxylic acids is 4. The minimum Gasteiger partial charge on any atom is -0.377 e. The number of sulfone groups is 1. The minimum atomic E-state index is -3.46. The molecule has 4 aromatic rings. The highest BCUT2D eigenvalue weighted by molar-refractivity contribution is 7.91. The molecule has 0 fully saturated rings. The smallest absolute Gasteiger partial charge is 0.272 e. The number of aromatic nitrogens is 3. The first kappa shape index (κ1) is 38.2. The predicted molar refractivity (Wildman–Crippen MR) is 198 cm³/mol. The van der Waals surface area contributed by atoms with Crippen LogP contribution < -0.4 is 26.6 Å². The number of hydrogen-bond acceptors (Lipinski definition) is 7. The molecule has 0 radical (unpaired) electrons. The van der Waals surface area contributed by atoms with Crippen LogP contribution >= 0.6 is 11.6 Å². The van der Waals surface area contributed by atoms with Gasteiger partial charge in [0, 0.05) is 72.6 Å². The molecular formula is C34H40ClN9O6S. The monoisotopic (exact) mass is 737 g/mol. The van der Waals surface area contributed by atoms with Crippen LogP contribution in [0, 0.1) is 0 Å². The van der Waals surface area contributed by atoms with Crippen LogP contribution in [0.3, 0.4) is 0 Å². The van der Waals surface area contributed by atoms with Crippen molar-refractivity contribution in [1.82, 2.24) is 24.3 Å². The van der Waals surface area contributed by atoms with Crippen LogP contribution in [0.2, 0.25) is 0 Å². The molecule has 5 N–H and O–H groups in total. The molecule has 1 aromatic carbocycles. The maximum absolute atomic E-state index is 13.1. The second-order valence-electron chi connectivity index (χ2n) is 11.3. The molecule has 3 aromatic heterocycles. The minimum absolute atomic E-state index is 0.00559. The van der Waals surface area contributed by atoms with E-state index in [1.165, 1.54) is 34.9 Å². The van der Waals surface area contributed by atoms with E-state index in [9.17, 15) is 27.6 Å². The summed E-state index contributed by atoms with van der Waals surface area (Å²) in [6, 6.07) is 12.3. The first-order valence-electron chi connectivity index (χ1n) is 15.7. The third-order valence-corrected chi connectivity index (χ3v) is 9.96. The number of nitrogens with zero attached hydrogens (tertiary/aromatic N) is 4. The maximum atomic E-state index is 13.1. The fourth-order valence-electron chi connectivity index (χ4n) is 5.05. The van der Waals surface area contributed by atoms with E-state index in [4.69, 9.17) is 11.6 Å². The zero-order chi connectivity index (χ0) is 37.3. The molecule has 0 aliphatic carbocycles. The van der Waals surface area contributed by atoms with Gasteiger partial charge in [-0.1, -0.05) is 12.1 Å². The normalized spacial score (nSPS) is 11.8. The number of nitrogens with one attached hydrogen (secondary N) is 5. The highest BCUT2D eigenvalue weighted by atomic mass is 35.5. The lowest BCUT2D eigenvalue weighted by molar-refractivity contribution is -0.111. The Kier molecular flexibility index (Phi) is 12.6. The highest BCUT2D eigenvalue weighted by Crippen LogP contribution is 2.20. The molecule has 0 saturated heterocycles. The van der Waals surface area contributed by atoms with Crippen molar-refractivity contribution in [2.75, 3.05) is 48.2 Å². The molecule has 3 heterocycles. The maximum Gasteiger partial charge on any atom is 0.272 e. The van der Waals surface area contributed by atoms with Crippen LogP contribution in [-0.4, -0.2) is 83.9 Å². The lowest BCUT2D eigenvalue weighted by Crippen LogP contribution is -2.30. The van der Waals surface area contributed by atoms with Crippen LogP contribution in [0.15, 0.2) is 76.9 Å². The number of carbonyl (C=O) groups is 4. The number of halogens is 1. The summed E-state index contributed by atoms with van der Waals surface area (Å²) in [7, 11) is 4.95. The van der Waals surface area contributed by atoms with E-state index in [-0.39, 0.29) is 33.8 Å². The largest absolute Gasteiger partial charge is 0.377 e. The van der Waals surface area contributed by atoms with Crippen molar-refractivity contribution in [1.29, 1.82) is 0 Å². The van der Waals surface area contributed by atoms with Crippen molar-refractivity contribution in [3.63, 3.8) is 0 Å². The summed E-state index contributed by atoms with van der Waals surface area (Å²) < 4.78 is 29.0. The standard InChI is InChI=1S/C34H40ClN9O6S/c1-36-29(37-2)14-16-38-32(46)27-18-23(20-42(27)3)40-34(48)28-19-24(21-43(28)4)39-33(47)26-11-12-30(44(26)5)41-31(45)13-8-22-6-9-25(10-7-22)51(49,50)17-15-35/h6-13,18-21H,14-17H2,1-5H3,(H,36,37)(H,38,46)(H,39,47)(H,40,48)(H,41,45)/b13-8+. The number of hydrogen-bond donors (Lipinski definition) is 5. The highest BCUT2D eigenvalue weighted by Gasteiger charge is 2.19. The third kappa shape index (κ3) is 9.76. The van der Waals surface area contributed by atoms with Crippen molar-refractivity contribution in [2.45, 2.75) is 11.3 Å². The zero-order valence-electron chi connectivity index (χ0n) is 28.8. The molecule has 15 nitrogen and oxygen atoms in total. The van der Waals surface area contributed by atoms with Crippen molar-refractivity contribution in [3.05, 3.63) is 89.6 Å². The van der Waals surface area contributed by atoms with Crippen molar-refractivity contribution in [2.24, 2.45) is 26.1 Å². The van der Waals surface area contributed by atoms with Gasteiger partial charge in [-0.05, 0) is 48.0 Å². The molecule has 0 bridgehead atoms. The average Bonchev–Trinajstić information content (AvgIpc) is 3.77. The molecule has 4 amide bonds. The van der Waals surface area contributed by atoms with E-state index in [0.717, 1.165) is 5.84 Å². The number of aliphatic imine (C=N–C) groups is 1. The topological polar surface area (TPSA) is 190 Å². The Labute approximate surface area is 300 Å². The van der Waals surface area contributed by atoms with Gasteiger partial charge in [0.15, 0.2) is 9.84 Å². The molecule has 270 valence electrons. The summed E-state index contributed by atoms with van der Waals surface area (Å²) >= 11 is 5.57. The summed E-state index contributed by atoms with van der Waals surface area (Å²) in [4.78, 5) is 55.8. The van der Waals surface area contributed by atoms with Crippen LogP contribution in [-0.2, 0) is 35.8 Å². The number of amides is 4. The second kappa shape index (κ2) is 16.9. The molecule has 4 rings (SSSR count). The number of benzene rings is 1. The molecule has 0 aliphatic rings. The van der Waals surface area contributed by atoms with Crippen LogP contribution in [0.25, 0.3) is 6.08 Å². The average molecular weight is 738 g/mol. The van der Waals surface area contributed by atoms with Gasteiger partial charge in [0.05, 0.1) is 27.9 Å². The van der Waals surface area contributed by atoms with Crippen molar-refractivity contribution in [3.8, 4) is 0 Å². The Bertz CT molecular complexity index is 2090. The van der Waals surface area contributed by atoms with Gasteiger partial charge in [-0.2, -0.15) is 0 Å². The molecule has 51 heavy (non-hydrogen) atoms. The van der Waals surface area contributed by atoms with E-state index in [0.29, 0.717) is 41.4 Å². The zero-order valence-corrected chi connectivity index (χ0v) is 30.4. The van der Waals surface area contributed by atoms with E-state index in [2.05, 4.69) is 31.6 Å². The van der Waals surface area contributed by atoms with Gasteiger partial charge in [0.1, 0.15) is 22.9 Å². The number of rotatable bonds is 14. The summed E-state index contributed by atoms with van der Waals surface area (Å²) in [6.07, 6.45) is 6.59. The van der Waals surface area contributed by atoms with E-state index < -0.39 is 27.6 Å². The van der Waals surface area contributed by atoms with Gasteiger partial charge in [-0.15, -0.1) is 11.6 Å². The number of amidine groups is 1. The Morgan fingerprint density at radius 1 is 0.824 bits per heavy atom. The van der Waals surface area contributed by atoms with Crippen LogP contribution in [0.1, 0.15) is 43.4 Å². The van der Waals surface area contributed by atoms with Crippen LogP contribution in [0.5, 0.6) is 0 Å². The van der Waals surface area contributed by atoms with E-state index in [1.807, 2.05) is 0 Å². The summed E-state index contributed by atoms with van der Waals surface area (Å²) in [5.74, 6) is -0.726. The van der Waals surface area contributed by atoms with E-state index >= 15 is 0 Å². The third-order valence-electron chi connectivity index (χ3n) is 7.81. The Morgan fingerprint density at radius 2 is 1.41 bits per heavy atom. The lowest BCUT2D eigenvalue weighted by Gasteiger charge is -2.08. The molecule has 17 heteroatoms. The molecule has 0 atom stereocenters. The molecule has 0 saturated carbocycles.